The molecule has 116 valence electrons. The average Bonchev–Trinajstić information content (AvgIpc) is 2.98. The Bertz CT molecular complexity index is 462. The molecule has 2 aliphatic rings. The topological polar surface area (TPSA) is 15.3 Å². The standard InChI is InChI=1S/C18H27BrN2/c1-20-17(15-8-2-3-9-16(15)19)11-13-21-12-5-7-14-6-4-10-18(14)21/h2-3,8-9,14,17-18,20H,4-7,10-13H2,1H3. The third-order valence-electron chi connectivity index (χ3n) is 5.44. The van der Waals surface area contributed by atoms with E-state index < -0.39 is 0 Å². The first kappa shape index (κ1) is 15.5. The molecule has 3 atom stereocenters. The summed E-state index contributed by atoms with van der Waals surface area (Å²) in [5, 5.41) is 3.50. The fourth-order valence-electron chi connectivity index (χ4n) is 4.34. The van der Waals surface area contributed by atoms with Crippen molar-refractivity contribution in [3.05, 3.63) is 34.3 Å². The summed E-state index contributed by atoms with van der Waals surface area (Å²) in [5.41, 5.74) is 1.39. The van der Waals surface area contributed by atoms with Crippen molar-refractivity contribution in [3.8, 4) is 0 Å². The van der Waals surface area contributed by atoms with E-state index in [2.05, 4.69) is 57.5 Å². The maximum absolute atomic E-state index is 3.70. The maximum Gasteiger partial charge on any atom is 0.0340 e. The van der Waals surface area contributed by atoms with Crippen LogP contribution in [0.2, 0.25) is 0 Å². The molecule has 1 saturated heterocycles. The van der Waals surface area contributed by atoms with Gasteiger partial charge in [-0.25, -0.2) is 0 Å². The molecule has 0 radical (unpaired) electrons. The summed E-state index contributed by atoms with van der Waals surface area (Å²) < 4.78 is 1.22. The Hall–Kier alpha value is -0.380. The van der Waals surface area contributed by atoms with E-state index in [9.17, 15) is 0 Å². The zero-order valence-corrected chi connectivity index (χ0v) is 14.6. The minimum absolute atomic E-state index is 0.447. The van der Waals surface area contributed by atoms with Gasteiger partial charge >= 0.3 is 0 Å². The van der Waals surface area contributed by atoms with Gasteiger partial charge in [0.2, 0.25) is 0 Å². The van der Waals surface area contributed by atoms with Crippen LogP contribution in [0.15, 0.2) is 28.7 Å². The molecule has 0 aromatic heterocycles. The Labute approximate surface area is 137 Å². The highest BCUT2D eigenvalue weighted by Crippen LogP contribution is 2.37. The van der Waals surface area contributed by atoms with Crippen LogP contribution in [0.25, 0.3) is 0 Å². The number of hydrogen-bond donors (Lipinski definition) is 1. The lowest BCUT2D eigenvalue weighted by atomic mass is 9.91. The summed E-state index contributed by atoms with van der Waals surface area (Å²) in [6.07, 6.45) is 8.43. The summed E-state index contributed by atoms with van der Waals surface area (Å²) in [7, 11) is 2.08. The molecule has 3 unspecified atom stereocenters. The van der Waals surface area contributed by atoms with Crippen molar-refractivity contribution in [1.82, 2.24) is 10.2 Å². The van der Waals surface area contributed by atoms with Gasteiger partial charge in [-0.1, -0.05) is 40.5 Å². The third-order valence-corrected chi connectivity index (χ3v) is 6.16. The number of fused-ring (bicyclic) bond motifs is 1. The van der Waals surface area contributed by atoms with Crippen LogP contribution in [0.1, 0.15) is 50.1 Å². The van der Waals surface area contributed by atoms with Crippen LogP contribution in [0.5, 0.6) is 0 Å². The quantitative estimate of drug-likeness (QED) is 0.848. The summed E-state index contributed by atoms with van der Waals surface area (Å²) in [5.74, 6) is 0.996. The minimum Gasteiger partial charge on any atom is -0.313 e. The number of halogens is 1. The van der Waals surface area contributed by atoms with Crippen LogP contribution in [0, 0.1) is 5.92 Å². The van der Waals surface area contributed by atoms with E-state index in [-0.39, 0.29) is 0 Å². The fraction of sp³-hybridized carbons (Fsp3) is 0.667. The molecule has 1 heterocycles. The van der Waals surface area contributed by atoms with Gasteiger partial charge in [0.05, 0.1) is 0 Å². The third kappa shape index (κ3) is 3.52. The molecule has 3 rings (SSSR count). The van der Waals surface area contributed by atoms with E-state index in [1.54, 1.807) is 0 Å². The molecule has 0 spiro atoms. The molecule has 0 amide bonds. The first-order chi connectivity index (χ1) is 10.3. The van der Waals surface area contributed by atoms with Crippen molar-refractivity contribution in [2.45, 2.75) is 50.6 Å². The van der Waals surface area contributed by atoms with Crippen molar-refractivity contribution in [2.24, 2.45) is 5.92 Å². The van der Waals surface area contributed by atoms with Gasteiger partial charge in [0.1, 0.15) is 0 Å². The number of likely N-dealkylation sites (tertiary alicyclic amines) is 1. The summed E-state index contributed by atoms with van der Waals surface area (Å²) in [4.78, 5) is 2.78. The molecule has 1 aromatic rings. The van der Waals surface area contributed by atoms with E-state index in [0.717, 1.165) is 12.0 Å². The van der Waals surface area contributed by atoms with Crippen LogP contribution in [0.3, 0.4) is 0 Å². The van der Waals surface area contributed by atoms with Crippen LogP contribution < -0.4 is 5.32 Å². The molecule has 2 nitrogen and oxygen atoms in total. The predicted octanol–water partition coefficient (Wildman–Crippen LogP) is 4.36. The maximum atomic E-state index is 3.70. The lowest BCUT2D eigenvalue weighted by Gasteiger charge is -2.38. The van der Waals surface area contributed by atoms with Gasteiger partial charge in [-0.2, -0.15) is 0 Å². The molecular weight excluding hydrogens is 324 g/mol. The normalized spacial score (nSPS) is 27.5. The molecule has 1 aliphatic carbocycles. The monoisotopic (exact) mass is 350 g/mol. The Balaban J connectivity index is 1.61. The van der Waals surface area contributed by atoms with E-state index >= 15 is 0 Å². The second-order valence-corrected chi connectivity index (χ2v) is 7.44. The zero-order chi connectivity index (χ0) is 14.7. The number of nitrogens with one attached hydrogen (secondary N) is 1. The second-order valence-electron chi connectivity index (χ2n) is 6.59. The van der Waals surface area contributed by atoms with Gasteiger partial charge < -0.3 is 10.2 Å². The largest absolute Gasteiger partial charge is 0.313 e. The molecule has 21 heavy (non-hydrogen) atoms. The predicted molar refractivity (Wildman–Crippen MR) is 92.5 cm³/mol. The first-order valence-corrected chi connectivity index (χ1v) is 9.24. The lowest BCUT2D eigenvalue weighted by Crippen LogP contribution is -2.43. The van der Waals surface area contributed by atoms with Gasteiger partial charge in [-0.3, -0.25) is 0 Å². The lowest BCUT2D eigenvalue weighted by molar-refractivity contribution is 0.108. The molecule has 1 aliphatic heterocycles. The highest BCUT2D eigenvalue weighted by Gasteiger charge is 2.34. The smallest absolute Gasteiger partial charge is 0.0340 e. The van der Waals surface area contributed by atoms with E-state index in [1.807, 2.05) is 0 Å². The Kier molecular flexibility index (Phi) is 5.36. The summed E-state index contributed by atoms with van der Waals surface area (Å²) in [6.45, 7) is 2.54. The Morgan fingerprint density at radius 3 is 2.86 bits per heavy atom. The van der Waals surface area contributed by atoms with Crippen molar-refractivity contribution in [2.75, 3.05) is 20.1 Å². The van der Waals surface area contributed by atoms with Crippen molar-refractivity contribution >= 4 is 15.9 Å². The van der Waals surface area contributed by atoms with E-state index in [4.69, 9.17) is 0 Å². The van der Waals surface area contributed by atoms with E-state index in [1.165, 1.54) is 61.7 Å². The van der Waals surface area contributed by atoms with Crippen LogP contribution >= 0.6 is 15.9 Å². The van der Waals surface area contributed by atoms with E-state index in [0.29, 0.717) is 6.04 Å². The van der Waals surface area contributed by atoms with Crippen molar-refractivity contribution < 1.29 is 0 Å². The SMILES string of the molecule is CNC(CCN1CCCC2CCCC21)c1ccccc1Br. The Morgan fingerprint density at radius 1 is 1.24 bits per heavy atom. The van der Waals surface area contributed by atoms with Crippen molar-refractivity contribution in [3.63, 3.8) is 0 Å². The van der Waals surface area contributed by atoms with Crippen molar-refractivity contribution in [1.29, 1.82) is 0 Å². The van der Waals surface area contributed by atoms with Crippen LogP contribution in [-0.2, 0) is 0 Å². The average molecular weight is 351 g/mol. The van der Waals surface area contributed by atoms with Gasteiger partial charge in [0.25, 0.3) is 0 Å². The highest BCUT2D eigenvalue weighted by molar-refractivity contribution is 9.10. The van der Waals surface area contributed by atoms with Gasteiger partial charge in [0, 0.05) is 23.1 Å². The zero-order valence-electron chi connectivity index (χ0n) is 13.0. The highest BCUT2D eigenvalue weighted by atomic mass is 79.9. The number of rotatable bonds is 5. The molecule has 0 bridgehead atoms. The first-order valence-electron chi connectivity index (χ1n) is 8.45. The van der Waals surface area contributed by atoms with Crippen LogP contribution in [-0.4, -0.2) is 31.1 Å². The number of benzene rings is 1. The number of nitrogens with zero attached hydrogens (tertiary/aromatic N) is 1. The molecule has 1 saturated carbocycles. The van der Waals surface area contributed by atoms with Gasteiger partial charge in [-0.15, -0.1) is 0 Å². The Morgan fingerprint density at radius 2 is 2.05 bits per heavy atom. The molecule has 1 aromatic carbocycles. The van der Waals surface area contributed by atoms with Crippen LogP contribution in [0.4, 0.5) is 0 Å². The molecular formula is C18H27BrN2. The number of hydrogen-bond acceptors (Lipinski definition) is 2. The van der Waals surface area contributed by atoms with Gasteiger partial charge in [-0.05, 0) is 63.2 Å². The second kappa shape index (κ2) is 7.26. The summed E-state index contributed by atoms with van der Waals surface area (Å²) >= 11 is 3.70. The molecule has 3 heteroatoms. The minimum atomic E-state index is 0.447. The fourth-order valence-corrected chi connectivity index (χ4v) is 4.90. The molecule has 2 fully saturated rings. The molecule has 1 N–H and O–H groups in total. The summed E-state index contributed by atoms with van der Waals surface area (Å²) in [6, 6.07) is 9.94. The number of piperidine rings is 1. The van der Waals surface area contributed by atoms with Gasteiger partial charge in [0.15, 0.2) is 0 Å².